The van der Waals surface area contributed by atoms with Gasteiger partial charge in [-0.1, -0.05) is 0 Å². The van der Waals surface area contributed by atoms with Crippen LogP contribution in [0.1, 0.15) is 23.0 Å². The zero-order chi connectivity index (χ0) is 20.8. The van der Waals surface area contributed by atoms with Gasteiger partial charge >= 0.3 is 5.97 Å². The first-order valence-corrected chi connectivity index (χ1v) is 10.4. The molecule has 3 aromatic rings. The van der Waals surface area contributed by atoms with Crippen LogP contribution in [0.5, 0.6) is 0 Å². The number of anilines is 1. The van der Waals surface area contributed by atoms with Crippen molar-refractivity contribution in [3.63, 3.8) is 0 Å². The Morgan fingerprint density at radius 1 is 1.21 bits per heavy atom. The summed E-state index contributed by atoms with van der Waals surface area (Å²) in [5.41, 5.74) is 2.71. The molecule has 0 saturated heterocycles. The number of rotatable bonds is 7. The first kappa shape index (κ1) is 20.9. The van der Waals surface area contributed by atoms with Gasteiger partial charge in [-0.2, -0.15) is 0 Å². The molecule has 1 atom stereocenters. The quantitative estimate of drug-likeness (QED) is 0.423. The molecule has 0 bridgehead atoms. The Labute approximate surface area is 174 Å². The summed E-state index contributed by atoms with van der Waals surface area (Å²) >= 11 is 3.12. The number of thiazole rings is 1. The molecule has 0 spiro atoms. The molecule has 2 aromatic carbocycles. The number of carbonyl (C=O) groups excluding carboxylic acids is 2. The topological polar surface area (TPSA) is 68.3 Å². The molecule has 3 rings (SSSR count). The van der Waals surface area contributed by atoms with E-state index in [1.807, 2.05) is 5.38 Å². The molecule has 1 heterocycles. The lowest BCUT2D eigenvalue weighted by molar-refractivity contribution is -0.123. The Morgan fingerprint density at radius 3 is 2.66 bits per heavy atom. The lowest BCUT2D eigenvalue weighted by atomic mass is 10.2. The summed E-state index contributed by atoms with van der Waals surface area (Å²) in [6.45, 7) is 1.35. The highest BCUT2D eigenvalue weighted by Crippen LogP contribution is 2.23. The van der Waals surface area contributed by atoms with Crippen molar-refractivity contribution in [2.75, 3.05) is 5.32 Å². The van der Waals surface area contributed by atoms with Crippen LogP contribution >= 0.6 is 23.1 Å². The average Bonchev–Trinajstić information content (AvgIpc) is 3.23. The average molecular weight is 434 g/mol. The smallest absolute Gasteiger partial charge is 0.338 e. The lowest BCUT2D eigenvalue weighted by Crippen LogP contribution is -2.30. The Bertz CT molecular complexity index is 995. The molecule has 1 unspecified atom stereocenters. The maximum Gasteiger partial charge on any atom is 0.338 e. The molecule has 0 radical (unpaired) electrons. The monoisotopic (exact) mass is 434 g/mol. The Hall–Kier alpha value is -2.78. The zero-order valence-electron chi connectivity index (χ0n) is 15.2. The van der Waals surface area contributed by atoms with Crippen LogP contribution in [0, 0.1) is 11.6 Å². The van der Waals surface area contributed by atoms with Crippen LogP contribution in [0.25, 0.3) is 0 Å². The predicted molar refractivity (Wildman–Crippen MR) is 108 cm³/mol. The maximum atomic E-state index is 13.6. The fourth-order valence-corrected chi connectivity index (χ4v) is 3.73. The predicted octanol–water partition coefficient (Wildman–Crippen LogP) is 4.90. The normalized spacial score (nSPS) is 11.7. The van der Waals surface area contributed by atoms with Gasteiger partial charge in [-0.15, -0.1) is 23.1 Å². The van der Waals surface area contributed by atoms with E-state index in [0.29, 0.717) is 0 Å². The number of thioether (sulfide) groups is 1. The summed E-state index contributed by atoms with van der Waals surface area (Å²) in [5.74, 6) is -2.22. The molecule has 0 aliphatic heterocycles. The fraction of sp³-hybridized carbons (Fsp3) is 0.150. The minimum Gasteiger partial charge on any atom is -0.449 e. The number of nitrogens with zero attached hydrogens (tertiary/aromatic N) is 1. The van der Waals surface area contributed by atoms with Crippen molar-refractivity contribution in [2.24, 2.45) is 0 Å². The summed E-state index contributed by atoms with van der Waals surface area (Å²) in [5, 5.41) is 4.18. The maximum absolute atomic E-state index is 13.6. The van der Waals surface area contributed by atoms with Crippen molar-refractivity contribution in [2.45, 2.75) is 23.7 Å². The van der Waals surface area contributed by atoms with E-state index in [4.69, 9.17) is 4.74 Å². The van der Waals surface area contributed by atoms with Gasteiger partial charge in [-0.3, -0.25) is 4.79 Å². The minimum atomic E-state index is -1.19. The highest BCUT2D eigenvalue weighted by atomic mass is 32.2. The molecule has 9 heteroatoms. The largest absolute Gasteiger partial charge is 0.449 e. The molecule has 1 N–H and O–H groups in total. The van der Waals surface area contributed by atoms with Gasteiger partial charge in [0.15, 0.2) is 6.10 Å². The molecule has 1 aromatic heterocycles. The molecule has 150 valence electrons. The molecule has 5 nitrogen and oxygen atoms in total. The third-order valence-electron chi connectivity index (χ3n) is 3.80. The van der Waals surface area contributed by atoms with Crippen LogP contribution in [0.4, 0.5) is 14.5 Å². The first-order chi connectivity index (χ1) is 13.9. The van der Waals surface area contributed by atoms with E-state index in [0.717, 1.165) is 34.5 Å². The van der Waals surface area contributed by atoms with Crippen molar-refractivity contribution < 1.29 is 23.1 Å². The molecular formula is C20H16F2N2O3S2. The van der Waals surface area contributed by atoms with Crippen LogP contribution in [0.15, 0.2) is 58.3 Å². The van der Waals surface area contributed by atoms with Crippen molar-refractivity contribution in [1.82, 2.24) is 4.98 Å². The number of esters is 1. The lowest BCUT2D eigenvalue weighted by Gasteiger charge is -2.14. The molecule has 0 aliphatic carbocycles. The molecule has 0 saturated carbocycles. The van der Waals surface area contributed by atoms with Gasteiger partial charge in [0.1, 0.15) is 11.6 Å². The summed E-state index contributed by atoms with van der Waals surface area (Å²) in [6, 6.07) is 9.44. The number of amides is 1. The molecule has 0 fully saturated rings. The van der Waals surface area contributed by atoms with Crippen LogP contribution in [-0.2, 0) is 15.3 Å². The van der Waals surface area contributed by atoms with Crippen molar-refractivity contribution in [3.8, 4) is 0 Å². The third kappa shape index (κ3) is 5.85. The second-order valence-corrected chi connectivity index (χ2v) is 7.72. The van der Waals surface area contributed by atoms with Crippen LogP contribution in [0.3, 0.4) is 0 Å². The van der Waals surface area contributed by atoms with Gasteiger partial charge < -0.3 is 10.1 Å². The third-order valence-corrected chi connectivity index (χ3v) is 5.48. The summed E-state index contributed by atoms with van der Waals surface area (Å²) in [7, 11) is 0. The molecule has 1 amide bonds. The second-order valence-electron chi connectivity index (χ2n) is 5.95. The van der Waals surface area contributed by atoms with E-state index in [1.54, 1.807) is 41.5 Å². The number of hydrogen-bond donors (Lipinski definition) is 1. The van der Waals surface area contributed by atoms with E-state index < -0.39 is 29.6 Å². The standard InChI is InChI=1S/C20H16F2N2O3S2/c1-12(19(25)24-18-8-14(21)4-7-17(18)22)27-20(26)13-2-5-16(6-3-13)29-10-15-9-28-11-23-15/h2-9,11-12H,10H2,1H3,(H,24,25). The van der Waals surface area contributed by atoms with Gasteiger partial charge in [0, 0.05) is 22.1 Å². The number of hydrogen-bond acceptors (Lipinski definition) is 6. The van der Waals surface area contributed by atoms with E-state index in [-0.39, 0.29) is 11.3 Å². The number of carbonyl (C=O) groups is 2. The number of aromatic nitrogens is 1. The summed E-state index contributed by atoms with van der Waals surface area (Å²) in [6.07, 6.45) is -1.19. The highest BCUT2D eigenvalue weighted by molar-refractivity contribution is 7.98. The van der Waals surface area contributed by atoms with Gasteiger partial charge in [0.2, 0.25) is 0 Å². The van der Waals surface area contributed by atoms with Crippen LogP contribution < -0.4 is 5.32 Å². The van der Waals surface area contributed by atoms with E-state index in [1.165, 1.54) is 18.3 Å². The van der Waals surface area contributed by atoms with Gasteiger partial charge in [0.05, 0.1) is 22.5 Å². The molecular weight excluding hydrogens is 418 g/mol. The summed E-state index contributed by atoms with van der Waals surface area (Å²) in [4.78, 5) is 29.5. The van der Waals surface area contributed by atoms with E-state index in [9.17, 15) is 18.4 Å². The van der Waals surface area contributed by atoms with Gasteiger partial charge in [0.25, 0.3) is 5.91 Å². The zero-order valence-corrected chi connectivity index (χ0v) is 16.9. The SMILES string of the molecule is CC(OC(=O)c1ccc(SCc2cscn2)cc1)C(=O)Nc1cc(F)ccc1F. The van der Waals surface area contributed by atoms with E-state index in [2.05, 4.69) is 10.3 Å². The Morgan fingerprint density at radius 2 is 1.97 bits per heavy atom. The van der Waals surface area contributed by atoms with Crippen molar-refractivity contribution in [3.05, 3.63) is 76.2 Å². The van der Waals surface area contributed by atoms with Gasteiger partial charge in [-0.25, -0.2) is 18.6 Å². The first-order valence-electron chi connectivity index (χ1n) is 8.49. The second kappa shape index (κ2) is 9.62. The number of benzene rings is 2. The van der Waals surface area contributed by atoms with Crippen molar-refractivity contribution >= 4 is 40.7 Å². The molecule has 0 aliphatic rings. The van der Waals surface area contributed by atoms with Crippen molar-refractivity contribution in [1.29, 1.82) is 0 Å². The Balaban J connectivity index is 1.54. The van der Waals surface area contributed by atoms with E-state index >= 15 is 0 Å². The highest BCUT2D eigenvalue weighted by Gasteiger charge is 2.20. The molecule has 29 heavy (non-hydrogen) atoms. The summed E-state index contributed by atoms with van der Waals surface area (Å²) < 4.78 is 31.9. The van der Waals surface area contributed by atoms with Gasteiger partial charge in [-0.05, 0) is 43.3 Å². The van der Waals surface area contributed by atoms with Crippen LogP contribution in [0.2, 0.25) is 0 Å². The number of ether oxygens (including phenoxy) is 1. The fourth-order valence-electron chi connectivity index (χ4n) is 2.26. The number of halogens is 2. The minimum absolute atomic E-state index is 0.277. The van der Waals surface area contributed by atoms with Crippen LogP contribution in [-0.4, -0.2) is 23.0 Å². The Kier molecular flexibility index (Phi) is 6.95. The number of nitrogens with one attached hydrogen (secondary N) is 1.